The summed E-state index contributed by atoms with van der Waals surface area (Å²) in [7, 11) is 0. The zero-order valence-corrected chi connectivity index (χ0v) is 10.7. The lowest BCUT2D eigenvalue weighted by atomic mass is 10.2. The van der Waals surface area contributed by atoms with Crippen molar-refractivity contribution in [1.29, 1.82) is 0 Å². The molecule has 0 unspecified atom stereocenters. The molecule has 0 saturated carbocycles. The fourth-order valence-electron chi connectivity index (χ4n) is 1.05. The van der Waals surface area contributed by atoms with E-state index in [2.05, 4.69) is 5.32 Å². The highest BCUT2D eigenvalue weighted by Gasteiger charge is 2.24. The third-order valence-electron chi connectivity index (χ3n) is 1.66. The molecule has 17 heavy (non-hydrogen) atoms. The minimum absolute atomic E-state index is 0.127. The highest BCUT2D eigenvalue weighted by atomic mass is 19.1. The Bertz CT molecular complexity index is 263. The number of amides is 1. The van der Waals surface area contributed by atoms with Gasteiger partial charge in [0.2, 0.25) is 0 Å². The van der Waals surface area contributed by atoms with Gasteiger partial charge in [-0.05, 0) is 27.7 Å². The third kappa shape index (κ3) is 7.54. The normalized spacial score (nSPS) is 12.8. The molecule has 6 heteroatoms. The van der Waals surface area contributed by atoms with Crippen LogP contribution in [-0.4, -0.2) is 37.0 Å². The van der Waals surface area contributed by atoms with Gasteiger partial charge in [-0.2, -0.15) is 0 Å². The highest BCUT2D eigenvalue weighted by molar-refractivity contribution is 5.81. The Morgan fingerprint density at radius 1 is 1.35 bits per heavy atom. The molecule has 1 atom stereocenters. The van der Waals surface area contributed by atoms with Crippen molar-refractivity contribution in [2.24, 2.45) is 0 Å². The molecule has 0 bridgehead atoms. The maximum Gasteiger partial charge on any atom is 0.408 e. The summed E-state index contributed by atoms with van der Waals surface area (Å²) < 4.78 is 21.9. The van der Waals surface area contributed by atoms with E-state index in [1.54, 1.807) is 27.7 Å². The Morgan fingerprint density at radius 2 is 1.94 bits per heavy atom. The molecule has 0 spiro atoms. The van der Waals surface area contributed by atoms with Crippen LogP contribution < -0.4 is 5.32 Å². The highest BCUT2D eigenvalue weighted by Crippen LogP contribution is 2.07. The number of carbonyl (C=O) groups excluding carboxylic acids is 2. The molecule has 0 saturated heterocycles. The molecule has 0 fully saturated rings. The predicted molar refractivity (Wildman–Crippen MR) is 60.4 cm³/mol. The van der Waals surface area contributed by atoms with Crippen molar-refractivity contribution in [3.8, 4) is 0 Å². The number of rotatable bonds is 5. The predicted octanol–water partition coefficient (Wildman–Crippen LogP) is 1.80. The van der Waals surface area contributed by atoms with Crippen molar-refractivity contribution >= 4 is 12.1 Å². The Labute approximate surface area is 101 Å². The van der Waals surface area contributed by atoms with Crippen molar-refractivity contribution in [2.45, 2.75) is 45.8 Å². The second-order valence-corrected chi connectivity index (χ2v) is 4.43. The van der Waals surface area contributed by atoms with E-state index >= 15 is 0 Å². The lowest BCUT2D eigenvalue weighted by Gasteiger charge is -2.22. The van der Waals surface area contributed by atoms with Crippen molar-refractivity contribution < 1.29 is 23.5 Å². The number of ether oxygens (including phenoxy) is 2. The van der Waals surface area contributed by atoms with Crippen LogP contribution in [0.3, 0.4) is 0 Å². The van der Waals surface area contributed by atoms with Crippen LogP contribution in [0.1, 0.15) is 34.1 Å². The summed E-state index contributed by atoms with van der Waals surface area (Å²) in [6.45, 7) is 6.18. The van der Waals surface area contributed by atoms with Crippen LogP contribution in [0.25, 0.3) is 0 Å². The van der Waals surface area contributed by atoms with E-state index in [-0.39, 0.29) is 13.0 Å². The molecule has 0 aromatic carbocycles. The van der Waals surface area contributed by atoms with Gasteiger partial charge in [0, 0.05) is 6.42 Å². The number of carbonyl (C=O) groups is 2. The summed E-state index contributed by atoms with van der Waals surface area (Å²) >= 11 is 0. The smallest absolute Gasteiger partial charge is 0.408 e. The molecular weight excluding hydrogens is 229 g/mol. The minimum atomic E-state index is -1.00. The molecule has 0 aromatic heterocycles. The second kappa shape index (κ2) is 7.09. The Balaban J connectivity index is 4.34. The van der Waals surface area contributed by atoms with Gasteiger partial charge in [-0.3, -0.25) is 4.39 Å². The van der Waals surface area contributed by atoms with Gasteiger partial charge < -0.3 is 14.8 Å². The molecule has 0 radical (unpaired) electrons. The molecule has 0 aliphatic heterocycles. The number of esters is 1. The van der Waals surface area contributed by atoms with Gasteiger partial charge in [0.25, 0.3) is 0 Å². The van der Waals surface area contributed by atoms with Gasteiger partial charge in [0.05, 0.1) is 13.3 Å². The fourth-order valence-corrected chi connectivity index (χ4v) is 1.05. The van der Waals surface area contributed by atoms with Gasteiger partial charge >= 0.3 is 12.1 Å². The number of hydrogen-bond donors (Lipinski definition) is 1. The largest absolute Gasteiger partial charge is 0.464 e. The second-order valence-electron chi connectivity index (χ2n) is 4.43. The Morgan fingerprint density at radius 3 is 2.35 bits per heavy atom. The maximum absolute atomic E-state index is 12.2. The minimum Gasteiger partial charge on any atom is -0.464 e. The molecular formula is C11H20FNO4. The van der Waals surface area contributed by atoms with Crippen LogP contribution in [0.2, 0.25) is 0 Å². The van der Waals surface area contributed by atoms with Crippen LogP contribution in [0.4, 0.5) is 9.18 Å². The first-order valence-corrected chi connectivity index (χ1v) is 5.52. The first-order valence-electron chi connectivity index (χ1n) is 5.52. The SMILES string of the molecule is CCOC(=O)[C@H](CCF)NC(=O)OC(C)(C)C. The lowest BCUT2D eigenvalue weighted by Crippen LogP contribution is -2.44. The molecule has 0 rings (SSSR count). The monoisotopic (exact) mass is 249 g/mol. The van der Waals surface area contributed by atoms with E-state index in [1.807, 2.05) is 0 Å². The van der Waals surface area contributed by atoms with E-state index in [4.69, 9.17) is 9.47 Å². The van der Waals surface area contributed by atoms with Crippen LogP contribution in [0, 0.1) is 0 Å². The molecule has 1 N–H and O–H groups in total. The quantitative estimate of drug-likeness (QED) is 0.755. The molecule has 0 aliphatic carbocycles. The summed E-state index contributed by atoms with van der Waals surface area (Å²) in [5.74, 6) is -0.656. The summed E-state index contributed by atoms with van der Waals surface area (Å²) in [5, 5.41) is 2.28. The maximum atomic E-state index is 12.2. The third-order valence-corrected chi connectivity index (χ3v) is 1.66. The summed E-state index contributed by atoms with van der Waals surface area (Å²) in [5.41, 5.74) is -0.668. The number of halogens is 1. The summed E-state index contributed by atoms with van der Waals surface area (Å²) in [4.78, 5) is 22.8. The molecule has 0 aromatic rings. The first kappa shape index (κ1) is 15.7. The topological polar surface area (TPSA) is 64.6 Å². The zero-order chi connectivity index (χ0) is 13.5. The van der Waals surface area contributed by atoms with Gasteiger partial charge in [-0.25, -0.2) is 9.59 Å². The average molecular weight is 249 g/mol. The van der Waals surface area contributed by atoms with Crippen molar-refractivity contribution in [2.75, 3.05) is 13.3 Å². The van der Waals surface area contributed by atoms with Gasteiger partial charge in [0.15, 0.2) is 0 Å². The van der Waals surface area contributed by atoms with E-state index in [9.17, 15) is 14.0 Å². The van der Waals surface area contributed by atoms with Gasteiger partial charge in [-0.15, -0.1) is 0 Å². The molecule has 5 nitrogen and oxygen atoms in total. The van der Waals surface area contributed by atoms with Gasteiger partial charge in [0.1, 0.15) is 11.6 Å². The van der Waals surface area contributed by atoms with Crippen LogP contribution >= 0.6 is 0 Å². The van der Waals surface area contributed by atoms with E-state index in [0.717, 1.165) is 0 Å². The lowest BCUT2D eigenvalue weighted by molar-refractivity contribution is -0.145. The molecule has 1 amide bonds. The summed E-state index contributed by atoms with van der Waals surface area (Å²) in [6, 6.07) is -1.00. The van der Waals surface area contributed by atoms with Crippen molar-refractivity contribution in [3.63, 3.8) is 0 Å². The molecule has 100 valence electrons. The summed E-state index contributed by atoms with van der Waals surface area (Å²) in [6.07, 6.45) is -0.887. The fraction of sp³-hybridized carbons (Fsp3) is 0.818. The standard InChI is InChI=1S/C11H20FNO4/c1-5-16-9(14)8(6-7-12)13-10(15)17-11(2,3)4/h8H,5-7H2,1-4H3,(H,13,15)/t8-/m0/s1. The van der Waals surface area contributed by atoms with Crippen LogP contribution in [0.15, 0.2) is 0 Å². The van der Waals surface area contributed by atoms with Crippen LogP contribution in [0.5, 0.6) is 0 Å². The Kier molecular flexibility index (Phi) is 6.53. The number of alkyl carbamates (subject to hydrolysis) is 1. The van der Waals surface area contributed by atoms with E-state index in [0.29, 0.717) is 0 Å². The van der Waals surface area contributed by atoms with Crippen molar-refractivity contribution in [1.82, 2.24) is 5.32 Å². The van der Waals surface area contributed by atoms with E-state index in [1.165, 1.54) is 0 Å². The first-order chi connectivity index (χ1) is 7.80. The Hall–Kier alpha value is -1.33. The van der Waals surface area contributed by atoms with Crippen molar-refractivity contribution in [3.05, 3.63) is 0 Å². The van der Waals surface area contributed by atoms with E-state index < -0.39 is 30.4 Å². The number of hydrogen-bond acceptors (Lipinski definition) is 4. The number of nitrogens with one attached hydrogen (secondary N) is 1. The zero-order valence-electron chi connectivity index (χ0n) is 10.7. The molecule has 0 aliphatic rings. The average Bonchev–Trinajstić information content (AvgIpc) is 2.14. The van der Waals surface area contributed by atoms with Gasteiger partial charge in [-0.1, -0.05) is 0 Å². The van der Waals surface area contributed by atoms with Crippen LogP contribution in [-0.2, 0) is 14.3 Å². The number of alkyl halides is 1. The molecule has 0 heterocycles.